The molecule has 1 fully saturated rings. The van der Waals surface area contributed by atoms with Gasteiger partial charge in [-0.2, -0.15) is 5.10 Å². The molecule has 0 aromatic carbocycles. The number of hydrogen-bond acceptors (Lipinski definition) is 4. The molecule has 25 heavy (non-hydrogen) atoms. The van der Waals surface area contributed by atoms with Crippen molar-refractivity contribution in [1.29, 1.82) is 0 Å². The van der Waals surface area contributed by atoms with Crippen LogP contribution < -0.4 is 0 Å². The number of nitrogens with zero attached hydrogens (tertiary/aromatic N) is 5. The third kappa shape index (κ3) is 3.32. The average molecular weight is 339 g/mol. The van der Waals surface area contributed by atoms with Crippen molar-refractivity contribution in [3.8, 4) is 0 Å². The highest BCUT2D eigenvalue weighted by molar-refractivity contribution is 5.53. The standard InChI is InChI=1S/C19H25N5O/c1-15-20-18(19-6-2-3-9-24(15)19)14-22-8-4-5-16(13-22)17-7-10-23(21-17)11-12-25/h2-3,6-7,9-10,16,25H,4-5,8,11-14H2,1H3. The number of aliphatic hydroxyl groups excluding tert-OH is 1. The van der Waals surface area contributed by atoms with Gasteiger partial charge in [-0.1, -0.05) is 6.07 Å². The summed E-state index contributed by atoms with van der Waals surface area (Å²) in [7, 11) is 0. The van der Waals surface area contributed by atoms with Crippen LogP contribution in [0.3, 0.4) is 0 Å². The second kappa shape index (κ2) is 6.98. The molecule has 6 heteroatoms. The molecule has 132 valence electrons. The molecule has 6 nitrogen and oxygen atoms in total. The van der Waals surface area contributed by atoms with Crippen LogP contribution in [0.4, 0.5) is 0 Å². The Labute approximate surface area is 147 Å². The van der Waals surface area contributed by atoms with Crippen LogP contribution in [0, 0.1) is 6.92 Å². The molecule has 4 rings (SSSR count). The van der Waals surface area contributed by atoms with E-state index >= 15 is 0 Å². The van der Waals surface area contributed by atoms with Crippen LogP contribution in [-0.4, -0.2) is 48.9 Å². The van der Waals surface area contributed by atoms with E-state index in [0.717, 1.165) is 36.8 Å². The number of piperidine rings is 1. The fourth-order valence-corrected chi connectivity index (χ4v) is 3.86. The highest BCUT2D eigenvalue weighted by Gasteiger charge is 2.24. The van der Waals surface area contributed by atoms with Crippen molar-refractivity contribution in [3.63, 3.8) is 0 Å². The van der Waals surface area contributed by atoms with Crippen molar-refractivity contribution in [3.05, 3.63) is 53.9 Å². The van der Waals surface area contributed by atoms with Crippen molar-refractivity contribution >= 4 is 5.52 Å². The Morgan fingerprint density at radius 3 is 3.04 bits per heavy atom. The van der Waals surface area contributed by atoms with Crippen LogP contribution in [0.2, 0.25) is 0 Å². The van der Waals surface area contributed by atoms with Gasteiger partial charge in [0.2, 0.25) is 0 Å². The molecule has 1 saturated heterocycles. The number of rotatable bonds is 5. The number of imidazole rings is 1. The number of fused-ring (bicyclic) bond motifs is 1. The summed E-state index contributed by atoms with van der Waals surface area (Å²) in [6.07, 6.45) is 6.41. The first-order chi connectivity index (χ1) is 12.2. The molecule has 1 atom stereocenters. The summed E-state index contributed by atoms with van der Waals surface area (Å²) in [5, 5.41) is 13.7. The summed E-state index contributed by atoms with van der Waals surface area (Å²) >= 11 is 0. The molecule has 0 bridgehead atoms. The predicted molar refractivity (Wildman–Crippen MR) is 96.5 cm³/mol. The summed E-state index contributed by atoms with van der Waals surface area (Å²) in [6.45, 7) is 5.76. The smallest absolute Gasteiger partial charge is 0.110 e. The molecule has 0 spiro atoms. The molecule has 1 aliphatic rings. The largest absolute Gasteiger partial charge is 0.394 e. The Bertz CT molecular complexity index is 852. The molecule has 3 aromatic heterocycles. The van der Waals surface area contributed by atoms with E-state index in [1.807, 2.05) is 16.9 Å². The minimum Gasteiger partial charge on any atom is -0.394 e. The zero-order valence-corrected chi connectivity index (χ0v) is 14.7. The minimum absolute atomic E-state index is 0.130. The molecule has 0 aliphatic carbocycles. The van der Waals surface area contributed by atoms with Gasteiger partial charge in [-0.05, 0) is 44.5 Å². The van der Waals surface area contributed by atoms with E-state index in [2.05, 4.69) is 45.7 Å². The normalized spacial score (nSPS) is 18.9. The first-order valence-corrected chi connectivity index (χ1v) is 9.03. The fourth-order valence-electron chi connectivity index (χ4n) is 3.86. The lowest BCUT2D eigenvalue weighted by atomic mass is 9.95. The molecule has 0 radical (unpaired) electrons. The summed E-state index contributed by atoms with van der Waals surface area (Å²) in [6, 6.07) is 8.37. The van der Waals surface area contributed by atoms with Crippen molar-refractivity contribution in [2.24, 2.45) is 0 Å². The van der Waals surface area contributed by atoms with Crippen LogP contribution >= 0.6 is 0 Å². The number of aliphatic hydroxyl groups is 1. The zero-order valence-electron chi connectivity index (χ0n) is 14.7. The lowest BCUT2D eigenvalue weighted by Crippen LogP contribution is -2.34. The second-order valence-corrected chi connectivity index (χ2v) is 6.86. The molecule has 1 aliphatic heterocycles. The Balaban J connectivity index is 1.49. The van der Waals surface area contributed by atoms with Gasteiger partial charge in [0.25, 0.3) is 0 Å². The third-order valence-electron chi connectivity index (χ3n) is 5.09. The quantitative estimate of drug-likeness (QED) is 0.774. The molecule has 1 unspecified atom stereocenters. The van der Waals surface area contributed by atoms with Crippen LogP contribution in [0.15, 0.2) is 36.7 Å². The van der Waals surface area contributed by atoms with Crippen molar-refractivity contribution in [2.75, 3.05) is 19.7 Å². The molecule has 4 heterocycles. The van der Waals surface area contributed by atoms with E-state index in [1.54, 1.807) is 0 Å². The lowest BCUT2D eigenvalue weighted by molar-refractivity contribution is 0.196. The number of likely N-dealkylation sites (tertiary alicyclic amines) is 1. The fraction of sp³-hybridized carbons (Fsp3) is 0.474. The Morgan fingerprint density at radius 1 is 1.24 bits per heavy atom. The number of aryl methyl sites for hydroxylation is 1. The Hall–Kier alpha value is -2.18. The van der Waals surface area contributed by atoms with E-state index in [0.29, 0.717) is 12.5 Å². The molecule has 1 N–H and O–H groups in total. The average Bonchev–Trinajstić information content (AvgIpc) is 3.22. The maximum absolute atomic E-state index is 9.06. The maximum Gasteiger partial charge on any atom is 0.110 e. The third-order valence-corrected chi connectivity index (χ3v) is 5.09. The van der Waals surface area contributed by atoms with E-state index in [1.165, 1.54) is 18.4 Å². The first-order valence-electron chi connectivity index (χ1n) is 9.03. The Kier molecular flexibility index (Phi) is 4.55. The van der Waals surface area contributed by atoms with Crippen LogP contribution in [0.25, 0.3) is 5.52 Å². The highest BCUT2D eigenvalue weighted by Crippen LogP contribution is 2.27. The summed E-state index contributed by atoms with van der Waals surface area (Å²) < 4.78 is 3.99. The van der Waals surface area contributed by atoms with E-state index in [-0.39, 0.29) is 6.61 Å². The van der Waals surface area contributed by atoms with Gasteiger partial charge in [0.1, 0.15) is 5.82 Å². The lowest BCUT2D eigenvalue weighted by Gasteiger charge is -2.31. The summed E-state index contributed by atoms with van der Waals surface area (Å²) in [4.78, 5) is 7.28. The van der Waals surface area contributed by atoms with Crippen LogP contribution in [0.5, 0.6) is 0 Å². The van der Waals surface area contributed by atoms with Crippen molar-refractivity contribution in [2.45, 2.75) is 38.8 Å². The topological polar surface area (TPSA) is 58.6 Å². The van der Waals surface area contributed by atoms with Gasteiger partial charge in [0, 0.05) is 31.4 Å². The van der Waals surface area contributed by atoms with Gasteiger partial charge >= 0.3 is 0 Å². The minimum atomic E-state index is 0.130. The van der Waals surface area contributed by atoms with E-state index < -0.39 is 0 Å². The monoisotopic (exact) mass is 339 g/mol. The van der Waals surface area contributed by atoms with Gasteiger partial charge in [-0.25, -0.2) is 4.98 Å². The second-order valence-electron chi connectivity index (χ2n) is 6.86. The van der Waals surface area contributed by atoms with Crippen molar-refractivity contribution < 1.29 is 5.11 Å². The van der Waals surface area contributed by atoms with Gasteiger partial charge in [0.05, 0.1) is 30.1 Å². The first kappa shape index (κ1) is 16.3. The zero-order chi connectivity index (χ0) is 17.2. The van der Waals surface area contributed by atoms with Crippen LogP contribution in [-0.2, 0) is 13.1 Å². The highest BCUT2D eigenvalue weighted by atomic mass is 16.3. The number of hydrogen-bond donors (Lipinski definition) is 1. The summed E-state index contributed by atoms with van der Waals surface area (Å²) in [5.74, 6) is 1.51. The van der Waals surface area contributed by atoms with E-state index in [4.69, 9.17) is 10.1 Å². The SMILES string of the molecule is Cc1nc(CN2CCCC(c3ccn(CCO)n3)C2)c2ccccn12. The van der Waals surface area contributed by atoms with Gasteiger partial charge in [0.15, 0.2) is 0 Å². The van der Waals surface area contributed by atoms with Gasteiger partial charge in [-0.3, -0.25) is 9.58 Å². The number of aromatic nitrogens is 4. The van der Waals surface area contributed by atoms with E-state index in [9.17, 15) is 0 Å². The summed E-state index contributed by atoms with van der Waals surface area (Å²) in [5.41, 5.74) is 3.50. The molecule has 0 saturated carbocycles. The van der Waals surface area contributed by atoms with Crippen molar-refractivity contribution in [1.82, 2.24) is 24.1 Å². The number of pyridine rings is 1. The van der Waals surface area contributed by atoms with Gasteiger partial charge in [-0.15, -0.1) is 0 Å². The molecular weight excluding hydrogens is 314 g/mol. The predicted octanol–water partition coefficient (Wildman–Crippen LogP) is 2.21. The molecular formula is C19H25N5O. The maximum atomic E-state index is 9.06. The van der Waals surface area contributed by atoms with Crippen LogP contribution in [0.1, 0.15) is 36.0 Å². The molecule has 0 amide bonds. The van der Waals surface area contributed by atoms with Gasteiger partial charge < -0.3 is 9.51 Å². The molecule has 3 aromatic rings. The Morgan fingerprint density at radius 2 is 2.16 bits per heavy atom.